The molecule has 2 aromatic heterocycles. The van der Waals surface area contributed by atoms with Gasteiger partial charge in [0, 0.05) is 17.6 Å². The monoisotopic (exact) mass is 343 g/mol. The van der Waals surface area contributed by atoms with Crippen LogP contribution >= 0.6 is 0 Å². The van der Waals surface area contributed by atoms with Crippen LogP contribution in [-0.2, 0) is 0 Å². The van der Waals surface area contributed by atoms with Crippen molar-refractivity contribution in [3.05, 3.63) is 83.3 Å². The first kappa shape index (κ1) is 16.3. The lowest BCUT2D eigenvalue weighted by Crippen LogP contribution is -2.26. The summed E-state index contributed by atoms with van der Waals surface area (Å²) >= 11 is 0. The Hall–Kier alpha value is -3.14. The van der Waals surface area contributed by atoms with Gasteiger partial charge in [-0.25, -0.2) is 4.98 Å². The van der Waals surface area contributed by atoms with Crippen molar-refractivity contribution in [3.8, 4) is 0 Å². The van der Waals surface area contributed by atoms with Crippen LogP contribution < -0.4 is 5.32 Å². The SMILES string of the molecule is Cc1cc(C)n2ccc(C(=O)N[C@@H](C)c3cccc4ccccc34)c2n1. The van der Waals surface area contributed by atoms with E-state index >= 15 is 0 Å². The fourth-order valence-electron chi connectivity index (χ4n) is 3.55. The molecule has 4 aromatic rings. The fraction of sp³-hybridized carbons (Fsp3) is 0.182. The molecule has 0 aliphatic heterocycles. The third-order valence-electron chi connectivity index (χ3n) is 4.82. The molecule has 0 unspecified atom stereocenters. The fourth-order valence-corrected chi connectivity index (χ4v) is 3.55. The van der Waals surface area contributed by atoms with Gasteiger partial charge >= 0.3 is 0 Å². The molecular weight excluding hydrogens is 322 g/mol. The molecule has 4 nitrogen and oxygen atoms in total. The van der Waals surface area contributed by atoms with E-state index in [2.05, 4.69) is 34.6 Å². The van der Waals surface area contributed by atoms with Gasteiger partial charge in [0.1, 0.15) is 5.65 Å². The number of aromatic nitrogens is 2. The molecule has 0 saturated heterocycles. The lowest BCUT2D eigenvalue weighted by Gasteiger charge is -2.16. The Kier molecular flexibility index (Phi) is 3.96. The number of rotatable bonds is 3. The summed E-state index contributed by atoms with van der Waals surface area (Å²) < 4.78 is 1.95. The maximum atomic E-state index is 12.9. The van der Waals surface area contributed by atoms with Crippen molar-refractivity contribution in [3.63, 3.8) is 0 Å². The minimum atomic E-state index is -0.106. The maximum absolute atomic E-state index is 12.9. The highest BCUT2D eigenvalue weighted by atomic mass is 16.1. The van der Waals surface area contributed by atoms with E-state index in [4.69, 9.17) is 0 Å². The number of carbonyl (C=O) groups is 1. The van der Waals surface area contributed by atoms with Crippen molar-refractivity contribution in [1.29, 1.82) is 0 Å². The van der Waals surface area contributed by atoms with Gasteiger partial charge in [-0.15, -0.1) is 0 Å². The Morgan fingerprint density at radius 2 is 1.85 bits per heavy atom. The summed E-state index contributed by atoms with van der Waals surface area (Å²) in [7, 11) is 0. The summed E-state index contributed by atoms with van der Waals surface area (Å²) in [6.45, 7) is 5.98. The van der Waals surface area contributed by atoms with E-state index in [0.29, 0.717) is 11.2 Å². The number of hydrogen-bond donors (Lipinski definition) is 1. The molecule has 0 radical (unpaired) electrons. The normalized spacial score (nSPS) is 12.4. The molecule has 4 heteroatoms. The van der Waals surface area contributed by atoms with Crippen LogP contribution in [0.5, 0.6) is 0 Å². The number of benzene rings is 2. The second-order valence-electron chi connectivity index (χ2n) is 6.73. The van der Waals surface area contributed by atoms with Crippen molar-refractivity contribution in [2.75, 3.05) is 0 Å². The molecule has 0 saturated carbocycles. The number of nitrogens with one attached hydrogen (secondary N) is 1. The number of hydrogen-bond acceptors (Lipinski definition) is 2. The average molecular weight is 343 g/mol. The minimum absolute atomic E-state index is 0.102. The first-order chi connectivity index (χ1) is 12.5. The largest absolute Gasteiger partial charge is 0.345 e. The Bertz CT molecular complexity index is 1120. The predicted octanol–water partition coefficient (Wildman–Crippen LogP) is 4.60. The van der Waals surface area contributed by atoms with E-state index < -0.39 is 0 Å². The second kappa shape index (κ2) is 6.30. The van der Waals surface area contributed by atoms with Crippen LogP contribution in [0.3, 0.4) is 0 Å². The lowest BCUT2D eigenvalue weighted by molar-refractivity contribution is 0.0941. The molecule has 1 amide bonds. The lowest BCUT2D eigenvalue weighted by atomic mass is 9.99. The second-order valence-corrected chi connectivity index (χ2v) is 6.73. The minimum Gasteiger partial charge on any atom is -0.345 e. The summed E-state index contributed by atoms with van der Waals surface area (Å²) in [5.74, 6) is -0.106. The summed E-state index contributed by atoms with van der Waals surface area (Å²) in [6.07, 6.45) is 1.90. The molecule has 0 aliphatic carbocycles. The quantitative estimate of drug-likeness (QED) is 0.591. The van der Waals surface area contributed by atoms with E-state index in [1.54, 1.807) is 0 Å². The number of fused-ring (bicyclic) bond motifs is 2. The van der Waals surface area contributed by atoms with E-state index in [1.165, 1.54) is 5.39 Å². The van der Waals surface area contributed by atoms with Crippen molar-refractivity contribution in [2.45, 2.75) is 26.8 Å². The topological polar surface area (TPSA) is 46.4 Å². The van der Waals surface area contributed by atoms with Crippen LogP contribution in [0.4, 0.5) is 0 Å². The molecule has 1 atom stereocenters. The summed E-state index contributed by atoms with van der Waals surface area (Å²) in [6, 6.07) is 18.2. The van der Waals surface area contributed by atoms with Crippen LogP contribution in [0.25, 0.3) is 16.4 Å². The number of aryl methyl sites for hydroxylation is 2. The molecule has 0 spiro atoms. The van der Waals surface area contributed by atoms with Gasteiger partial charge in [0.05, 0.1) is 11.6 Å². The molecule has 130 valence electrons. The van der Waals surface area contributed by atoms with E-state index in [9.17, 15) is 4.79 Å². The first-order valence-corrected chi connectivity index (χ1v) is 8.78. The highest BCUT2D eigenvalue weighted by Gasteiger charge is 2.17. The van der Waals surface area contributed by atoms with Gasteiger partial charge in [0.2, 0.25) is 0 Å². The van der Waals surface area contributed by atoms with Crippen LogP contribution in [-0.4, -0.2) is 15.3 Å². The van der Waals surface area contributed by atoms with Crippen LogP contribution in [0.1, 0.15) is 40.3 Å². The van der Waals surface area contributed by atoms with Gasteiger partial charge in [-0.2, -0.15) is 0 Å². The van der Waals surface area contributed by atoms with Gasteiger partial charge < -0.3 is 9.72 Å². The van der Waals surface area contributed by atoms with Gasteiger partial charge in [-0.05, 0) is 49.2 Å². The zero-order chi connectivity index (χ0) is 18.3. The molecule has 2 aromatic carbocycles. The molecule has 2 heterocycles. The Morgan fingerprint density at radius 3 is 2.69 bits per heavy atom. The Morgan fingerprint density at radius 1 is 1.08 bits per heavy atom. The molecule has 0 bridgehead atoms. The zero-order valence-corrected chi connectivity index (χ0v) is 15.2. The third kappa shape index (κ3) is 2.73. The summed E-state index contributed by atoms with van der Waals surface area (Å²) in [4.78, 5) is 17.4. The molecule has 4 rings (SSSR count). The van der Waals surface area contributed by atoms with Crippen LogP contribution in [0, 0.1) is 13.8 Å². The Balaban J connectivity index is 1.68. The van der Waals surface area contributed by atoms with Crippen molar-refractivity contribution in [2.24, 2.45) is 0 Å². The number of carbonyl (C=O) groups excluding carboxylic acids is 1. The molecule has 0 fully saturated rings. The van der Waals surface area contributed by atoms with E-state index in [0.717, 1.165) is 22.3 Å². The standard InChI is InChI=1S/C22H21N3O/c1-14-13-15(2)25-12-11-20(21(25)23-14)22(26)24-16(3)18-10-6-8-17-7-4-5-9-19(17)18/h4-13,16H,1-3H3,(H,24,26)/t16-/m0/s1. The highest BCUT2D eigenvalue weighted by molar-refractivity contribution is 6.00. The van der Waals surface area contributed by atoms with Gasteiger partial charge in [0.25, 0.3) is 5.91 Å². The van der Waals surface area contributed by atoms with Crippen molar-refractivity contribution in [1.82, 2.24) is 14.7 Å². The smallest absolute Gasteiger partial charge is 0.255 e. The van der Waals surface area contributed by atoms with E-state index in [-0.39, 0.29) is 11.9 Å². The van der Waals surface area contributed by atoms with Gasteiger partial charge in [0.15, 0.2) is 0 Å². The zero-order valence-electron chi connectivity index (χ0n) is 15.2. The van der Waals surface area contributed by atoms with E-state index in [1.807, 2.05) is 61.7 Å². The number of amides is 1. The number of nitrogens with zero attached hydrogens (tertiary/aromatic N) is 2. The van der Waals surface area contributed by atoms with Crippen molar-refractivity contribution >= 4 is 22.3 Å². The molecular formula is C22H21N3O. The molecule has 0 aliphatic rings. The first-order valence-electron chi connectivity index (χ1n) is 8.78. The van der Waals surface area contributed by atoms with Gasteiger partial charge in [-0.1, -0.05) is 42.5 Å². The summed E-state index contributed by atoms with van der Waals surface area (Å²) in [5, 5.41) is 5.47. The highest BCUT2D eigenvalue weighted by Crippen LogP contribution is 2.24. The summed E-state index contributed by atoms with van der Waals surface area (Å²) in [5.41, 5.74) is 4.38. The van der Waals surface area contributed by atoms with Crippen LogP contribution in [0.2, 0.25) is 0 Å². The third-order valence-corrected chi connectivity index (χ3v) is 4.82. The molecule has 26 heavy (non-hydrogen) atoms. The predicted molar refractivity (Wildman–Crippen MR) is 104 cm³/mol. The average Bonchev–Trinajstić information content (AvgIpc) is 3.05. The van der Waals surface area contributed by atoms with Crippen LogP contribution in [0.15, 0.2) is 60.8 Å². The maximum Gasteiger partial charge on any atom is 0.255 e. The Labute approximate surface area is 152 Å². The van der Waals surface area contributed by atoms with Gasteiger partial charge in [-0.3, -0.25) is 4.79 Å². The van der Waals surface area contributed by atoms with Crippen molar-refractivity contribution < 1.29 is 4.79 Å². The molecule has 1 N–H and O–H groups in total.